The molecule has 0 fully saturated rings. The molecular weight excluding hydrogens is 276 g/mol. The van der Waals surface area contributed by atoms with Gasteiger partial charge < -0.3 is 10.0 Å². The van der Waals surface area contributed by atoms with E-state index in [2.05, 4.69) is 15.0 Å². The number of pyridine rings is 1. The number of benzene rings is 1. The van der Waals surface area contributed by atoms with E-state index < -0.39 is 0 Å². The standard InChI is InChI=1S/C17H16N4O/c1-21(2)17-14(12-6-5-9-18-10-12)11-19-16(20-17)13-7-3-4-8-15(13)22/h3-11,22H,1-2H3. The van der Waals surface area contributed by atoms with E-state index in [9.17, 15) is 5.11 Å². The molecule has 5 heteroatoms. The third-order valence-corrected chi connectivity index (χ3v) is 3.31. The number of anilines is 1. The molecule has 3 rings (SSSR count). The van der Waals surface area contributed by atoms with Gasteiger partial charge in [0.25, 0.3) is 0 Å². The second kappa shape index (κ2) is 5.81. The number of nitrogens with zero attached hydrogens (tertiary/aromatic N) is 4. The normalized spacial score (nSPS) is 10.5. The predicted octanol–water partition coefficient (Wildman–Crippen LogP) is 2.98. The largest absolute Gasteiger partial charge is 0.507 e. The summed E-state index contributed by atoms with van der Waals surface area (Å²) in [5.41, 5.74) is 2.47. The number of hydrogen-bond acceptors (Lipinski definition) is 5. The van der Waals surface area contributed by atoms with Gasteiger partial charge in [0.05, 0.1) is 5.56 Å². The number of aromatic nitrogens is 3. The van der Waals surface area contributed by atoms with Crippen molar-refractivity contribution in [2.45, 2.75) is 0 Å². The van der Waals surface area contributed by atoms with Crippen LogP contribution < -0.4 is 4.90 Å². The van der Waals surface area contributed by atoms with E-state index in [0.29, 0.717) is 11.4 Å². The predicted molar refractivity (Wildman–Crippen MR) is 86.7 cm³/mol. The summed E-state index contributed by atoms with van der Waals surface area (Å²) in [6, 6.07) is 10.9. The van der Waals surface area contributed by atoms with Crippen LogP contribution >= 0.6 is 0 Å². The topological polar surface area (TPSA) is 62.1 Å². The zero-order valence-electron chi connectivity index (χ0n) is 12.4. The summed E-state index contributed by atoms with van der Waals surface area (Å²) in [5, 5.41) is 9.98. The van der Waals surface area contributed by atoms with Gasteiger partial charge in [0.15, 0.2) is 5.82 Å². The smallest absolute Gasteiger partial charge is 0.165 e. The molecule has 0 radical (unpaired) electrons. The molecule has 0 saturated heterocycles. The first-order valence-corrected chi connectivity index (χ1v) is 6.90. The third-order valence-electron chi connectivity index (χ3n) is 3.31. The lowest BCUT2D eigenvalue weighted by molar-refractivity contribution is 0.477. The fourth-order valence-corrected chi connectivity index (χ4v) is 2.23. The molecule has 0 saturated carbocycles. The third kappa shape index (κ3) is 2.61. The van der Waals surface area contributed by atoms with E-state index in [0.717, 1.165) is 16.9 Å². The van der Waals surface area contributed by atoms with Gasteiger partial charge in [0.1, 0.15) is 11.6 Å². The van der Waals surface area contributed by atoms with Crippen LogP contribution in [0.25, 0.3) is 22.5 Å². The fourth-order valence-electron chi connectivity index (χ4n) is 2.23. The van der Waals surface area contributed by atoms with E-state index in [1.807, 2.05) is 37.2 Å². The van der Waals surface area contributed by atoms with Gasteiger partial charge in [-0.3, -0.25) is 4.98 Å². The Kier molecular flexibility index (Phi) is 3.70. The van der Waals surface area contributed by atoms with Gasteiger partial charge in [0.2, 0.25) is 0 Å². The van der Waals surface area contributed by atoms with Crippen LogP contribution in [-0.4, -0.2) is 34.2 Å². The molecule has 0 aliphatic heterocycles. The lowest BCUT2D eigenvalue weighted by Crippen LogP contribution is -2.13. The Morgan fingerprint density at radius 2 is 1.77 bits per heavy atom. The minimum Gasteiger partial charge on any atom is -0.507 e. The highest BCUT2D eigenvalue weighted by Gasteiger charge is 2.14. The van der Waals surface area contributed by atoms with Crippen molar-refractivity contribution in [1.29, 1.82) is 0 Å². The Hall–Kier alpha value is -2.95. The lowest BCUT2D eigenvalue weighted by atomic mass is 10.1. The average molecular weight is 292 g/mol. The number of rotatable bonds is 3. The van der Waals surface area contributed by atoms with Crippen molar-refractivity contribution in [2.75, 3.05) is 19.0 Å². The van der Waals surface area contributed by atoms with Gasteiger partial charge in [-0.15, -0.1) is 0 Å². The molecule has 0 aliphatic carbocycles. The summed E-state index contributed by atoms with van der Waals surface area (Å²) in [6.45, 7) is 0. The molecule has 110 valence electrons. The number of hydrogen-bond donors (Lipinski definition) is 1. The quantitative estimate of drug-likeness (QED) is 0.804. The molecule has 0 amide bonds. The molecule has 3 aromatic rings. The van der Waals surface area contributed by atoms with E-state index in [-0.39, 0.29) is 5.75 Å². The van der Waals surface area contributed by atoms with Gasteiger partial charge >= 0.3 is 0 Å². The molecule has 5 nitrogen and oxygen atoms in total. The Balaban J connectivity index is 2.15. The molecule has 2 heterocycles. The molecule has 0 unspecified atom stereocenters. The van der Waals surface area contributed by atoms with Crippen LogP contribution in [0.15, 0.2) is 55.0 Å². The second-order valence-corrected chi connectivity index (χ2v) is 5.08. The average Bonchev–Trinajstić information content (AvgIpc) is 2.55. The van der Waals surface area contributed by atoms with Crippen LogP contribution in [0, 0.1) is 0 Å². The monoisotopic (exact) mass is 292 g/mol. The van der Waals surface area contributed by atoms with Crippen molar-refractivity contribution in [2.24, 2.45) is 0 Å². The molecule has 1 aromatic carbocycles. The summed E-state index contributed by atoms with van der Waals surface area (Å²) in [5.74, 6) is 1.44. The maximum absolute atomic E-state index is 9.98. The molecule has 22 heavy (non-hydrogen) atoms. The van der Waals surface area contributed by atoms with Gasteiger partial charge in [0, 0.05) is 43.8 Å². The molecular formula is C17H16N4O. The number of phenols is 1. The minimum atomic E-state index is 0.168. The van der Waals surface area contributed by atoms with Crippen molar-refractivity contribution in [3.63, 3.8) is 0 Å². The highest BCUT2D eigenvalue weighted by Crippen LogP contribution is 2.31. The molecule has 0 aliphatic rings. The highest BCUT2D eigenvalue weighted by molar-refractivity contribution is 5.76. The number of phenolic OH excluding ortho intramolecular Hbond substituents is 1. The summed E-state index contributed by atoms with van der Waals surface area (Å²) in [7, 11) is 3.85. The number of para-hydroxylation sites is 1. The maximum Gasteiger partial charge on any atom is 0.165 e. The minimum absolute atomic E-state index is 0.168. The molecule has 1 N–H and O–H groups in total. The zero-order valence-corrected chi connectivity index (χ0v) is 12.4. The van der Waals surface area contributed by atoms with Crippen molar-refractivity contribution in [1.82, 2.24) is 15.0 Å². The van der Waals surface area contributed by atoms with Crippen molar-refractivity contribution < 1.29 is 5.11 Å². The second-order valence-electron chi connectivity index (χ2n) is 5.08. The van der Waals surface area contributed by atoms with Crippen LogP contribution in [-0.2, 0) is 0 Å². The molecule has 2 aromatic heterocycles. The highest BCUT2D eigenvalue weighted by atomic mass is 16.3. The van der Waals surface area contributed by atoms with Gasteiger partial charge in [-0.2, -0.15) is 0 Å². The maximum atomic E-state index is 9.98. The van der Waals surface area contributed by atoms with Crippen LogP contribution in [0.5, 0.6) is 5.75 Å². The Bertz CT molecular complexity index is 788. The first-order valence-electron chi connectivity index (χ1n) is 6.90. The van der Waals surface area contributed by atoms with E-state index >= 15 is 0 Å². The first-order chi connectivity index (χ1) is 10.7. The Morgan fingerprint density at radius 3 is 2.45 bits per heavy atom. The zero-order chi connectivity index (χ0) is 15.5. The Labute approximate surface area is 128 Å². The molecule has 0 spiro atoms. The fraction of sp³-hybridized carbons (Fsp3) is 0.118. The van der Waals surface area contributed by atoms with E-state index in [4.69, 9.17) is 0 Å². The summed E-state index contributed by atoms with van der Waals surface area (Å²) < 4.78 is 0. The van der Waals surface area contributed by atoms with Crippen LogP contribution in [0.4, 0.5) is 5.82 Å². The van der Waals surface area contributed by atoms with Crippen LogP contribution in [0.3, 0.4) is 0 Å². The van der Waals surface area contributed by atoms with E-state index in [1.165, 1.54) is 0 Å². The van der Waals surface area contributed by atoms with Crippen LogP contribution in [0.2, 0.25) is 0 Å². The SMILES string of the molecule is CN(C)c1nc(-c2ccccc2O)ncc1-c1cccnc1. The molecule has 0 bridgehead atoms. The van der Waals surface area contributed by atoms with Gasteiger partial charge in [-0.1, -0.05) is 18.2 Å². The van der Waals surface area contributed by atoms with Crippen molar-refractivity contribution in [3.05, 3.63) is 55.0 Å². The Morgan fingerprint density at radius 1 is 0.955 bits per heavy atom. The summed E-state index contributed by atoms with van der Waals surface area (Å²) >= 11 is 0. The molecule has 0 atom stereocenters. The van der Waals surface area contributed by atoms with Gasteiger partial charge in [-0.25, -0.2) is 9.97 Å². The summed E-state index contributed by atoms with van der Waals surface area (Å²) in [6.07, 6.45) is 5.28. The lowest BCUT2D eigenvalue weighted by Gasteiger charge is -2.17. The number of aromatic hydroxyl groups is 1. The van der Waals surface area contributed by atoms with Crippen molar-refractivity contribution in [3.8, 4) is 28.3 Å². The summed E-state index contributed by atoms with van der Waals surface area (Å²) in [4.78, 5) is 15.1. The first kappa shape index (κ1) is 14.0. The van der Waals surface area contributed by atoms with E-state index in [1.54, 1.807) is 36.8 Å². The van der Waals surface area contributed by atoms with Crippen LogP contribution in [0.1, 0.15) is 0 Å². The van der Waals surface area contributed by atoms with Gasteiger partial charge in [-0.05, 0) is 18.2 Å². The van der Waals surface area contributed by atoms with Crippen molar-refractivity contribution >= 4 is 5.82 Å².